The molecule has 0 heterocycles. The fourth-order valence-electron chi connectivity index (χ4n) is 2.04. The lowest BCUT2D eigenvalue weighted by Gasteiger charge is -2.20. The third-order valence-corrected chi connectivity index (χ3v) is 3.00. The number of rotatable bonds is 7. The van der Waals surface area contributed by atoms with Crippen molar-refractivity contribution in [1.82, 2.24) is 5.32 Å². The summed E-state index contributed by atoms with van der Waals surface area (Å²) in [6, 6.07) is 8.64. The second-order valence-electron chi connectivity index (χ2n) is 5.13. The van der Waals surface area contributed by atoms with Gasteiger partial charge in [0.15, 0.2) is 0 Å². The molecule has 2 atom stereocenters. The van der Waals surface area contributed by atoms with Gasteiger partial charge in [-0.15, -0.1) is 6.58 Å². The van der Waals surface area contributed by atoms with Gasteiger partial charge in [0.1, 0.15) is 0 Å². The van der Waals surface area contributed by atoms with Gasteiger partial charge in [-0.05, 0) is 18.9 Å². The van der Waals surface area contributed by atoms with Crippen LogP contribution in [0.4, 0.5) is 0 Å². The number of carbonyl (C=O) groups is 2. The monoisotopic (exact) mass is 275 g/mol. The molecule has 108 valence electrons. The van der Waals surface area contributed by atoms with Crippen LogP contribution in [0.1, 0.15) is 38.3 Å². The van der Waals surface area contributed by atoms with E-state index in [-0.39, 0.29) is 18.2 Å². The molecule has 20 heavy (non-hydrogen) atoms. The van der Waals surface area contributed by atoms with E-state index in [0.29, 0.717) is 6.42 Å². The maximum atomic E-state index is 12.1. The van der Waals surface area contributed by atoms with Crippen molar-refractivity contribution in [2.75, 3.05) is 0 Å². The molecule has 4 heteroatoms. The van der Waals surface area contributed by atoms with E-state index in [9.17, 15) is 9.59 Å². The highest BCUT2D eigenvalue weighted by Crippen LogP contribution is 2.18. The maximum absolute atomic E-state index is 12.1. The highest BCUT2D eigenvalue weighted by atomic mass is 16.4. The van der Waals surface area contributed by atoms with Crippen LogP contribution in [-0.4, -0.2) is 17.0 Å². The molecule has 0 aliphatic carbocycles. The fourth-order valence-corrected chi connectivity index (χ4v) is 2.04. The molecule has 0 saturated heterocycles. The Bertz CT molecular complexity index is 482. The predicted molar refractivity (Wildman–Crippen MR) is 78.2 cm³/mol. The van der Waals surface area contributed by atoms with E-state index in [1.807, 2.05) is 44.2 Å². The van der Waals surface area contributed by atoms with Gasteiger partial charge in [-0.25, -0.2) is 0 Å². The Morgan fingerprint density at radius 3 is 2.35 bits per heavy atom. The van der Waals surface area contributed by atoms with Crippen LogP contribution in [0.2, 0.25) is 0 Å². The predicted octanol–water partition coefficient (Wildman–Crippen LogP) is 2.92. The lowest BCUT2D eigenvalue weighted by atomic mass is 9.99. The number of carbonyl (C=O) groups excluding carboxylic acids is 1. The van der Waals surface area contributed by atoms with Crippen LogP contribution in [-0.2, 0) is 9.59 Å². The zero-order chi connectivity index (χ0) is 15.1. The smallest absolute Gasteiger partial charge is 0.305 e. The van der Waals surface area contributed by atoms with Crippen molar-refractivity contribution in [1.29, 1.82) is 0 Å². The Labute approximate surface area is 119 Å². The summed E-state index contributed by atoms with van der Waals surface area (Å²) in [5, 5.41) is 11.8. The summed E-state index contributed by atoms with van der Waals surface area (Å²) in [5.41, 5.74) is 1.73. The van der Waals surface area contributed by atoms with Gasteiger partial charge in [0.05, 0.1) is 12.5 Å². The van der Waals surface area contributed by atoms with E-state index in [0.717, 1.165) is 11.1 Å². The van der Waals surface area contributed by atoms with Crippen molar-refractivity contribution in [3.8, 4) is 0 Å². The molecule has 0 bridgehead atoms. The van der Waals surface area contributed by atoms with Crippen LogP contribution < -0.4 is 5.32 Å². The summed E-state index contributed by atoms with van der Waals surface area (Å²) < 4.78 is 0. The standard InChI is InChI=1S/C16H21NO3/c1-11(2)9-12(3)16(20)17-14(10-15(18)19)13-7-5-4-6-8-13/h4-8,12,14H,1,9-10H2,2-3H3,(H,17,20)(H,18,19). The zero-order valence-corrected chi connectivity index (χ0v) is 11.9. The van der Waals surface area contributed by atoms with Crippen molar-refractivity contribution in [2.45, 2.75) is 32.7 Å². The number of amides is 1. The summed E-state index contributed by atoms with van der Waals surface area (Å²) in [6.45, 7) is 7.47. The zero-order valence-electron chi connectivity index (χ0n) is 11.9. The lowest BCUT2D eigenvalue weighted by Crippen LogP contribution is -2.34. The summed E-state index contributed by atoms with van der Waals surface area (Å²) in [6.07, 6.45) is 0.468. The van der Waals surface area contributed by atoms with Crippen LogP contribution in [0, 0.1) is 5.92 Å². The molecule has 1 amide bonds. The fraction of sp³-hybridized carbons (Fsp3) is 0.375. The molecular weight excluding hydrogens is 254 g/mol. The molecule has 1 aromatic rings. The van der Waals surface area contributed by atoms with Crippen LogP contribution in [0.15, 0.2) is 42.5 Å². The second-order valence-corrected chi connectivity index (χ2v) is 5.13. The Kier molecular flexibility index (Phi) is 5.97. The quantitative estimate of drug-likeness (QED) is 0.752. The van der Waals surface area contributed by atoms with Crippen molar-refractivity contribution in [2.24, 2.45) is 5.92 Å². The number of allylic oxidation sites excluding steroid dienone is 1. The van der Waals surface area contributed by atoms with Gasteiger partial charge in [0, 0.05) is 5.92 Å². The Morgan fingerprint density at radius 2 is 1.85 bits per heavy atom. The number of aliphatic carboxylic acids is 1. The van der Waals surface area contributed by atoms with E-state index in [4.69, 9.17) is 5.11 Å². The minimum Gasteiger partial charge on any atom is -0.481 e. The van der Waals surface area contributed by atoms with Crippen LogP contribution in [0.3, 0.4) is 0 Å². The molecule has 2 N–H and O–H groups in total. The average molecular weight is 275 g/mol. The topological polar surface area (TPSA) is 66.4 Å². The van der Waals surface area contributed by atoms with Gasteiger partial charge < -0.3 is 10.4 Å². The average Bonchev–Trinajstić information content (AvgIpc) is 2.37. The lowest BCUT2D eigenvalue weighted by molar-refractivity contribution is -0.137. The molecule has 4 nitrogen and oxygen atoms in total. The minimum absolute atomic E-state index is 0.129. The van der Waals surface area contributed by atoms with Gasteiger partial charge in [0.2, 0.25) is 5.91 Å². The van der Waals surface area contributed by atoms with E-state index < -0.39 is 12.0 Å². The first-order valence-corrected chi connectivity index (χ1v) is 6.61. The molecule has 0 radical (unpaired) electrons. The number of hydrogen-bond acceptors (Lipinski definition) is 2. The number of carboxylic acid groups (broad SMARTS) is 1. The number of benzene rings is 1. The van der Waals surface area contributed by atoms with Crippen molar-refractivity contribution in [3.05, 3.63) is 48.0 Å². The molecule has 0 aliphatic rings. The molecule has 0 aliphatic heterocycles. The molecular formula is C16H21NO3. The molecule has 2 unspecified atom stereocenters. The van der Waals surface area contributed by atoms with E-state index in [1.54, 1.807) is 0 Å². The number of nitrogens with one attached hydrogen (secondary N) is 1. The Morgan fingerprint density at radius 1 is 1.25 bits per heavy atom. The van der Waals surface area contributed by atoms with Gasteiger partial charge >= 0.3 is 5.97 Å². The molecule has 0 saturated carbocycles. The molecule has 0 spiro atoms. The molecule has 1 rings (SSSR count). The third-order valence-electron chi connectivity index (χ3n) is 3.00. The van der Waals surface area contributed by atoms with Crippen LogP contribution >= 0.6 is 0 Å². The SMILES string of the molecule is C=C(C)CC(C)C(=O)NC(CC(=O)O)c1ccccc1. The van der Waals surface area contributed by atoms with Crippen molar-refractivity contribution >= 4 is 11.9 Å². The van der Waals surface area contributed by atoms with Gasteiger partial charge in [0.25, 0.3) is 0 Å². The minimum atomic E-state index is -0.938. The van der Waals surface area contributed by atoms with Crippen molar-refractivity contribution < 1.29 is 14.7 Å². The number of carboxylic acids is 1. The van der Waals surface area contributed by atoms with Gasteiger partial charge in [-0.2, -0.15) is 0 Å². The Balaban J connectivity index is 2.78. The first-order chi connectivity index (χ1) is 9.40. The highest BCUT2D eigenvalue weighted by molar-refractivity contribution is 5.80. The second kappa shape index (κ2) is 7.48. The highest BCUT2D eigenvalue weighted by Gasteiger charge is 2.21. The first-order valence-electron chi connectivity index (χ1n) is 6.61. The maximum Gasteiger partial charge on any atom is 0.305 e. The van der Waals surface area contributed by atoms with E-state index in [2.05, 4.69) is 11.9 Å². The largest absolute Gasteiger partial charge is 0.481 e. The molecule has 1 aromatic carbocycles. The third kappa shape index (κ3) is 5.26. The van der Waals surface area contributed by atoms with Gasteiger partial charge in [-0.3, -0.25) is 9.59 Å². The number of hydrogen-bond donors (Lipinski definition) is 2. The summed E-state index contributed by atoms with van der Waals surface area (Å²) in [4.78, 5) is 23.0. The van der Waals surface area contributed by atoms with E-state index in [1.165, 1.54) is 0 Å². The first kappa shape index (κ1) is 16.0. The molecule has 0 fully saturated rings. The summed E-state index contributed by atoms with van der Waals surface area (Å²) in [7, 11) is 0. The van der Waals surface area contributed by atoms with Crippen LogP contribution in [0.25, 0.3) is 0 Å². The van der Waals surface area contributed by atoms with Crippen LogP contribution in [0.5, 0.6) is 0 Å². The van der Waals surface area contributed by atoms with Gasteiger partial charge in [-0.1, -0.05) is 42.8 Å². The molecule has 0 aromatic heterocycles. The summed E-state index contributed by atoms with van der Waals surface area (Å²) >= 11 is 0. The van der Waals surface area contributed by atoms with E-state index >= 15 is 0 Å². The normalized spacial score (nSPS) is 13.3. The Hall–Kier alpha value is -2.10. The van der Waals surface area contributed by atoms with Crippen molar-refractivity contribution in [3.63, 3.8) is 0 Å². The summed E-state index contributed by atoms with van der Waals surface area (Å²) in [5.74, 6) is -1.30.